The van der Waals surface area contributed by atoms with E-state index >= 15 is 0 Å². The standard InChI is InChI=1S/C16H21FN2O4/c1-16(2,3)23-15(21)19-8-11(12(9-19)14(20)22-4)13-6-5-10(17)7-18-13/h5-7,11-12H,8-9H2,1-4H3/t11-,12-/m1/s1. The van der Waals surface area contributed by atoms with Crippen molar-refractivity contribution in [1.82, 2.24) is 9.88 Å². The number of ether oxygens (including phenoxy) is 2. The Morgan fingerprint density at radius 3 is 2.52 bits per heavy atom. The van der Waals surface area contributed by atoms with Crippen molar-refractivity contribution in [2.24, 2.45) is 5.92 Å². The van der Waals surface area contributed by atoms with Crippen LogP contribution in [0.3, 0.4) is 0 Å². The second-order valence-corrected chi connectivity index (χ2v) is 6.52. The molecule has 0 aromatic carbocycles. The Kier molecular flexibility index (Phi) is 4.87. The number of halogens is 1. The molecule has 0 unspecified atom stereocenters. The van der Waals surface area contributed by atoms with Crippen LogP contribution in [0.15, 0.2) is 18.3 Å². The van der Waals surface area contributed by atoms with Crippen LogP contribution in [0.25, 0.3) is 0 Å². The first-order valence-corrected chi connectivity index (χ1v) is 7.38. The lowest BCUT2D eigenvalue weighted by atomic mass is 9.92. The molecule has 0 spiro atoms. The number of pyridine rings is 1. The fourth-order valence-corrected chi connectivity index (χ4v) is 2.58. The molecule has 1 aliphatic heterocycles. The van der Waals surface area contributed by atoms with Crippen molar-refractivity contribution in [3.05, 3.63) is 29.8 Å². The second kappa shape index (κ2) is 6.52. The molecule has 0 saturated carbocycles. The van der Waals surface area contributed by atoms with Gasteiger partial charge in [-0.05, 0) is 32.9 Å². The van der Waals surface area contributed by atoms with Crippen LogP contribution in [-0.2, 0) is 14.3 Å². The molecular formula is C16H21FN2O4. The highest BCUT2D eigenvalue weighted by Crippen LogP contribution is 2.33. The lowest BCUT2D eigenvalue weighted by Gasteiger charge is -2.24. The Bertz CT molecular complexity index is 583. The molecule has 0 N–H and O–H groups in total. The smallest absolute Gasteiger partial charge is 0.410 e. The quantitative estimate of drug-likeness (QED) is 0.781. The molecule has 1 aromatic heterocycles. The van der Waals surface area contributed by atoms with E-state index in [1.807, 2.05) is 0 Å². The van der Waals surface area contributed by atoms with E-state index in [0.717, 1.165) is 6.20 Å². The van der Waals surface area contributed by atoms with E-state index in [9.17, 15) is 14.0 Å². The number of esters is 1. The average Bonchev–Trinajstić information content (AvgIpc) is 2.91. The van der Waals surface area contributed by atoms with Crippen molar-refractivity contribution in [1.29, 1.82) is 0 Å². The Balaban J connectivity index is 2.20. The first kappa shape index (κ1) is 17.2. The van der Waals surface area contributed by atoms with Gasteiger partial charge in [0.15, 0.2) is 0 Å². The van der Waals surface area contributed by atoms with Crippen LogP contribution < -0.4 is 0 Å². The van der Waals surface area contributed by atoms with Gasteiger partial charge in [-0.25, -0.2) is 9.18 Å². The third-order valence-corrected chi connectivity index (χ3v) is 3.61. The van der Waals surface area contributed by atoms with E-state index in [1.54, 1.807) is 20.8 Å². The average molecular weight is 324 g/mol. The summed E-state index contributed by atoms with van der Waals surface area (Å²) >= 11 is 0. The predicted molar refractivity (Wildman–Crippen MR) is 80.2 cm³/mol. The van der Waals surface area contributed by atoms with Gasteiger partial charge in [-0.3, -0.25) is 9.78 Å². The third-order valence-electron chi connectivity index (χ3n) is 3.61. The SMILES string of the molecule is COC(=O)[C@@H]1CN(C(=O)OC(C)(C)C)C[C@H]1c1ccc(F)cn1. The van der Waals surface area contributed by atoms with Gasteiger partial charge in [-0.15, -0.1) is 0 Å². The number of hydrogen-bond donors (Lipinski definition) is 0. The summed E-state index contributed by atoms with van der Waals surface area (Å²) in [4.78, 5) is 29.7. The summed E-state index contributed by atoms with van der Waals surface area (Å²) in [5.41, 5.74) is -0.0720. The van der Waals surface area contributed by atoms with Crippen molar-refractivity contribution in [2.75, 3.05) is 20.2 Å². The Hall–Kier alpha value is -2.18. The number of rotatable bonds is 2. The fourth-order valence-electron chi connectivity index (χ4n) is 2.58. The summed E-state index contributed by atoms with van der Waals surface area (Å²) in [6, 6.07) is 2.81. The van der Waals surface area contributed by atoms with E-state index < -0.39 is 29.4 Å². The largest absolute Gasteiger partial charge is 0.469 e. The van der Waals surface area contributed by atoms with Gasteiger partial charge >= 0.3 is 12.1 Å². The molecule has 126 valence electrons. The zero-order chi connectivity index (χ0) is 17.2. The maximum Gasteiger partial charge on any atom is 0.410 e. The number of aromatic nitrogens is 1. The molecule has 1 saturated heterocycles. The van der Waals surface area contributed by atoms with Crippen LogP contribution >= 0.6 is 0 Å². The number of methoxy groups -OCH3 is 1. The molecule has 2 atom stereocenters. The predicted octanol–water partition coefficient (Wildman–Crippen LogP) is 2.34. The van der Waals surface area contributed by atoms with Crippen molar-refractivity contribution < 1.29 is 23.5 Å². The van der Waals surface area contributed by atoms with Gasteiger partial charge in [0, 0.05) is 24.7 Å². The minimum Gasteiger partial charge on any atom is -0.469 e. The zero-order valence-electron chi connectivity index (χ0n) is 13.7. The van der Waals surface area contributed by atoms with Gasteiger partial charge < -0.3 is 14.4 Å². The summed E-state index contributed by atoms with van der Waals surface area (Å²) in [6.45, 7) is 5.78. The van der Waals surface area contributed by atoms with Gasteiger partial charge in [0.25, 0.3) is 0 Å². The summed E-state index contributed by atoms with van der Waals surface area (Å²) in [7, 11) is 1.30. The van der Waals surface area contributed by atoms with Crippen LogP contribution in [-0.4, -0.2) is 47.7 Å². The molecule has 0 bridgehead atoms. The number of nitrogens with zero attached hydrogens (tertiary/aromatic N) is 2. The Morgan fingerprint density at radius 2 is 2.00 bits per heavy atom. The zero-order valence-corrected chi connectivity index (χ0v) is 13.7. The van der Waals surface area contributed by atoms with Crippen LogP contribution in [0.2, 0.25) is 0 Å². The maximum atomic E-state index is 13.0. The fraction of sp³-hybridized carbons (Fsp3) is 0.562. The van der Waals surface area contributed by atoms with Crippen molar-refractivity contribution in [2.45, 2.75) is 32.3 Å². The highest BCUT2D eigenvalue weighted by molar-refractivity contribution is 5.77. The van der Waals surface area contributed by atoms with Crippen LogP contribution in [0.4, 0.5) is 9.18 Å². The van der Waals surface area contributed by atoms with E-state index in [-0.39, 0.29) is 19.0 Å². The maximum absolute atomic E-state index is 13.0. The molecule has 7 heteroatoms. The Labute approximate surface area is 134 Å². The number of likely N-dealkylation sites (tertiary alicyclic amines) is 1. The molecule has 0 aliphatic carbocycles. The van der Waals surface area contributed by atoms with E-state index in [1.165, 1.54) is 24.1 Å². The van der Waals surface area contributed by atoms with Gasteiger partial charge in [0.1, 0.15) is 11.4 Å². The number of carbonyl (C=O) groups excluding carboxylic acids is 2. The van der Waals surface area contributed by atoms with Crippen molar-refractivity contribution in [3.8, 4) is 0 Å². The molecule has 2 heterocycles. The van der Waals surface area contributed by atoms with Crippen LogP contribution in [0.1, 0.15) is 32.4 Å². The van der Waals surface area contributed by atoms with Crippen LogP contribution in [0.5, 0.6) is 0 Å². The molecule has 6 nitrogen and oxygen atoms in total. The minimum absolute atomic E-state index is 0.186. The van der Waals surface area contributed by atoms with Gasteiger partial charge in [0.05, 0.1) is 19.2 Å². The molecule has 23 heavy (non-hydrogen) atoms. The lowest BCUT2D eigenvalue weighted by Crippen LogP contribution is -2.36. The number of carbonyl (C=O) groups is 2. The molecule has 1 aromatic rings. The summed E-state index contributed by atoms with van der Waals surface area (Å²) in [6.07, 6.45) is 0.607. The third kappa shape index (κ3) is 4.18. The first-order valence-electron chi connectivity index (χ1n) is 7.38. The van der Waals surface area contributed by atoms with Gasteiger partial charge in [-0.1, -0.05) is 0 Å². The normalized spacial score (nSPS) is 21.2. The van der Waals surface area contributed by atoms with Gasteiger partial charge in [0.2, 0.25) is 0 Å². The lowest BCUT2D eigenvalue weighted by molar-refractivity contribution is -0.145. The monoisotopic (exact) mass is 324 g/mol. The highest BCUT2D eigenvalue weighted by atomic mass is 19.1. The summed E-state index contributed by atoms with van der Waals surface area (Å²) in [5.74, 6) is -1.78. The molecule has 1 aliphatic rings. The molecule has 0 radical (unpaired) electrons. The first-order chi connectivity index (χ1) is 10.7. The van der Waals surface area contributed by atoms with Gasteiger partial charge in [-0.2, -0.15) is 0 Å². The van der Waals surface area contributed by atoms with E-state index in [0.29, 0.717) is 5.69 Å². The Morgan fingerprint density at radius 1 is 1.30 bits per heavy atom. The molecule has 1 fully saturated rings. The molecule has 2 rings (SSSR count). The van der Waals surface area contributed by atoms with Crippen molar-refractivity contribution >= 4 is 12.1 Å². The number of hydrogen-bond acceptors (Lipinski definition) is 5. The minimum atomic E-state index is -0.621. The molecule has 1 amide bonds. The van der Waals surface area contributed by atoms with Crippen molar-refractivity contribution in [3.63, 3.8) is 0 Å². The highest BCUT2D eigenvalue weighted by Gasteiger charge is 2.43. The molecular weight excluding hydrogens is 303 g/mol. The summed E-state index contributed by atoms with van der Waals surface area (Å²) < 4.78 is 23.2. The van der Waals surface area contributed by atoms with Crippen LogP contribution in [0, 0.1) is 11.7 Å². The topological polar surface area (TPSA) is 68.7 Å². The number of amides is 1. The van der Waals surface area contributed by atoms with E-state index in [4.69, 9.17) is 9.47 Å². The van der Waals surface area contributed by atoms with E-state index in [2.05, 4.69) is 4.98 Å². The second-order valence-electron chi connectivity index (χ2n) is 6.52. The summed E-state index contributed by atoms with van der Waals surface area (Å²) in [5, 5.41) is 0.